The van der Waals surface area contributed by atoms with E-state index in [2.05, 4.69) is 71.1 Å². The Kier molecular flexibility index (Phi) is 5.60. The molecule has 0 fully saturated rings. The van der Waals surface area contributed by atoms with Crippen molar-refractivity contribution in [1.82, 2.24) is 15.1 Å². The molecule has 1 heterocycles. The zero-order chi connectivity index (χ0) is 14.6. The molecule has 0 saturated carbocycles. The molecule has 1 N–H and O–H groups in total. The van der Waals surface area contributed by atoms with Crippen LogP contribution in [0.5, 0.6) is 0 Å². The molecule has 0 bridgehead atoms. The van der Waals surface area contributed by atoms with Gasteiger partial charge in [0, 0.05) is 17.8 Å². The van der Waals surface area contributed by atoms with Crippen LogP contribution >= 0.6 is 0 Å². The van der Waals surface area contributed by atoms with Crippen LogP contribution in [0.2, 0.25) is 0 Å². The molecule has 0 aliphatic rings. The maximum absolute atomic E-state index is 4.64. The first-order chi connectivity index (χ1) is 8.69. The molecule has 0 aliphatic carbocycles. The van der Waals surface area contributed by atoms with Crippen molar-refractivity contribution in [1.29, 1.82) is 0 Å². The van der Waals surface area contributed by atoms with Crippen LogP contribution in [0.1, 0.15) is 60.2 Å². The summed E-state index contributed by atoms with van der Waals surface area (Å²) in [4.78, 5) is 0. The molecule has 0 amide bonds. The summed E-state index contributed by atoms with van der Waals surface area (Å²) >= 11 is 0. The van der Waals surface area contributed by atoms with Crippen LogP contribution in [0.15, 0.2) is 12.3 Å². The van der Waals surface area contributed by atoms with Gasteiger partial charge in [0.2, 0.25) is 0 Å². The minimum atomic E-state index is 0.202. The Morgan fingerprint density at radius 1 is 1.16 bits per heavy atom. The first-order valence-corrected chi connectivity index (χ1v) is 7.48. The smallest absolute Gasteiger partial charge is 0.0627 e. The lowest BCUT2D eigenvalue weighted by molar-refractivity contribution is 0.315. The van der Waals surface area contributed by atoms with Gasteiger partial charge in [0.05, 0.1) is 5.69 Å². The van der Waals surface area contributed by atoms with Crippen LogP contribution in [0.4, 0.5) is 0 Å². The average molecular weight is 265 g/mol. The van der Waals surface area contributed by atoms with Crippen LogP contribution in [-0.4, -0.2) is 21.9 Å². The molecule has 110 valence electrons. The topological polar surface area (TPSA) is 29.9 Å². The van der Waals surface area contributed by atoms with E-state index in [1.165, 1.54) is 5.69 Å². The van der Waals surface area contributed by atoms with Gasteiger partial charge >= 0.3 is 0 Å². The minimum Gasteiger partial charge on any atom is -0.312 e. The summed E-state index contributed by atoms with van der Waals surface area (Å²) in [5.74, 6) is 1.30. The lowest BCUT2D eigenvalue weighted by Crippen LogP contribution is -2.40. The van der Waals surface area contributed by atoms with Gasteiger partial charge in [-0.25, -0.2) is 0 Å². The number of hydrogen-bond donors (Lipinski definition) is 1. The predicted molar refractivity (Wildman–Crippen MR) is 82.4 cm³/mol. The van der Waals surface area contributed by atoms with Gasteiger partial charge in [-0.1, -0.05) is 13.8 Å². The van der Waals surface area contributed by atoms with Crippen LogP contribution in [-0.2, 0) is 6.42 Å². The van der Waals surface area contributed by atoms with Gasteiger partial charge < -0.3 is 5.32 Å². The summed E-state index contributed by atoms with van der Waals surface area (Å²) in [5, 5.41) is 8.22. The van der Waals surface area contributed by atoms with Crippen LogP contribution in [0.25, 0.3) is 0 Å². The molecule has 1 rings (SSSR count). The van der Waals surface area contributed by atoms with Crippen molar-refractivity contribution >= 4 is 0 Å². The molecule has 19 heavy (non-hydrogen) atoms. The van der Waals surface area contributed by atoms with E-state index in [9.17, 15) is 0 Å². The van der Waals surface area contributed by atoms with E-state index in [4.69, 9.17) is 0 Å². The Morgan fingerprint density at radius 2 is 1.79 bits per heavy atom. The fourth-order valence-electron chi connectivity index (χ4n) is 1.97. The van der Waals surface area contributed by atoms with E-state index in [1.54, 1.807) is 0 Å². The zero-order valence-electron chi connectivity index (χ0n) is 13.7. The van der Waals surface area contributed by atoms with E-state index in [0.717, 1.165) is 13.0 Å². The highest BCUT2D eigenvalue weighted by molar-refractivity contribution is 5.01. The van der Waals surface area contributed by atoms with E-state index in [0.29, 0.717) is 17.9 Å². The Morgan fingerprint density at radius 3 is 2.26 bits per heavy atom. The second-order valence-electron chi connectivity index (χ2n) is 7.17. The summed E-state index contributed by atoms with van der Waals surface area (Å²) in [5.41, 5.74) is 1.41. The van der Waals surface area contributed by atoms with Crippen LogP contribution < -0.4 is 5.32 Å². The second kappa shape index (κ2) is 6.56. The minimum absolute atomic E-state index is 0.202. The molecule has 0 radical (unpaired) electrons. The molecular weight excluding hydrogens is 234 g/mol. The second-order valence-corrected chi connectivity index (χ2v) is 7.17. The lowest BCUT2D eigenvalue weighted by atomic mass is 9.91. The summed E-state index contributed by atoms with van der Waals surface area (Å²) < 4.78 is 2.04. The van der Waals surface area contributed by atoms with Gasteiger partial charge in [-0.05, 0) is 65.5 Å². The van der Waals surface area contributed by atoms with E-state index < -0.39 is 0 Å². The van der Waals surface area contributed by atoms with Crippen LogP contribution in [0, 0.1) is 11.8 Å². The zero-order valence-corrected chi connectivity index (χ0v) is 13.7. The van der Waals surface area contributed by atoms with Gasteiger partial charge in [-0.15, -0.1) is 0 Å². The van der Waals surface area contributed by atoms with E-state index >= 15 is 0 Å². The molecule has 0 aliphatic heterocycles. The van der Waals surface area contributed by atoms with Gasteiger partial charge in [0.1, 0.15) is 0 Å². The van der Waals surface area contributed by atoms with E-state index in [1.807, 2.05) is 4.68 Å². The summed E-state index contributed by atoms with van der Waals surface area (Å²) in [6.07, 6.45) is 3.15. The lowest BCUT2D eigenvalue weighted by Gasteiger charge is -2.26. The molecule has 0 spiro atoms. The SMILES string of the molecule is CC(CNC(C)(C)C)C(C)Cc1ccn(C(C)C)n1. The maximum Gasteiger partial charge on any atom is 0.0627 e. The molecule has 3 heteroatoms. The molecule has 1 aromatic rings. The van der Waals surface area contributed by atoms with Crippen molar-refractivity contribution in [3.63, 3.8) is 0 Å². The highest BCUT2D eigenvalue weighted by Gasteiger charge is 2.17. The summed E-state index contributed by atoms with van der Waals surface area (Å²) in [6, 6.07) is 2.60. The van der Waals surface area contributed by atoms with Crippen LogP contribution in [0.3, 0.4) is 0 Å². The average Bonchev–Trinajstić information content (AvgIpc) is 2.73. The third kappa shape index (κ3) is 5.77. The predicted octanol–water partition coefficient (Wildman–Crippen LogP) is 3.67. The summed E-state index contributed by atoms with van der Waals surface area (Å²) in [6.45, 7) is 16.7. The molecule has 2 atom stereocenters. The fraction of sp³-hybridized carbons (Fsp3) is 0.812. The van der Waals surface area contributed by atoms with Crippen molar-refractivity contribution in [2.45, 2.75) is 66.5 Å². The quantitative estimate of drug-likeness (QED) is 0.850. The Bertz CT molecular complexity index is 374. The monoisotopic (exact) mass is 265 g/mol. The third-order valence-electron chi connectivity index (χ3n) is 3.65. The van der Waals surface area contributed by atoms with Gasteiger partial charge in [-0.2, -0.15) is 5.10 Å². The number of aromatic nitrogens is 2. The Labute approximate surface area is 118 Å². The van der Waals surface area contributed by atoms with Crippen molar-refractivity contribution < 1.29 is 0 Å². The molecule has 0 saturated heterocycles. The van der Waals surface area contributed by atoms with Crippen molar-refractivity contribution in [3.05, 3.63) is 18.0 Å². The fourth-order valence-corrected chi connectivity index (χ4v) is 1.97. The highest BCUT2D eigenvalue weighted by Crippen LogP contribution is 2.17. The standard InChI is InChI=1S/C16H31N3/c1-12(2)19-9-8-15(18-19)10-13(3)14(4)11-17-16(5,6)7/h8-9,12-14,17H,10-11H2,1-7H3. The van der Waals surface area contributed by atoms with Crippen molar-refractivity contribution in [3.8, 4) is 0 Å². The molecule has 2 unspecified atom stereocenters. The molecule has 1 aromatic heterocycles. The maximum atomic E-state index is 4.64. The van der Waals surface area contributed by atoms with Crippen molar-refractivity contribution in [2.24, 2.45) is 11.8 Å². The third-order valence-corrected chi connectivity index (χ3v) is 3.65. The normalized spacial score (nSPS) is 15.8. The number of hydrogen-bond acceptors (Lipinski definition) is 2. The molecule has 3 nitrogen and oxygen atoms in total. The Balaban J connectivity index is 2.46. The summed E-state index contributed by atoms with van der Waals surface area (Å²) in [7, 11) is 0. The van der Waals surface area contributed by atoms with Gasteiger partial charge in [-0.3, -0.25) is 4.68 Å². The highest BCUT2D eigenvalue weighted by atomic mass is 15.3. The molecular formula is C16H31N3. The number of rotatable bonds is 6. The van der Waals surface area contributed by atoms with E-state index in [-0.39, 0.29) is 5.54 Å². The van der Waals surface area contributed by atoms with Gasteiger partial charge in [0.25, 0.3) is 0 Å². The molecule has 0 aromatic carbocycles. The Hall–Kier alpha value is -0.830. The number of nitrogens with one attached hydrogen (secondary N) is 1. The first-order valence-electron chi connectivity index (χ1n) is 7.48. The van der Waals surface area contributed by atoms with Crippen molar-refractivity contribution in [2.75, 3.05) is 6.54 Å². The largest absolute Gasteiger partial charge is 0.312 e. The first kappa shape index (κ1) is 16.2. The number of nitrogens with zero attached hydrogens (tertiary/aromatic N) is 2. The van der Waals surface area contributed by atoms with Gasteiger partial charge in [0.15, 0.2) is 0 Å².